The first-order valence-corrected chi connectivity index (χ1v) is 6.87. The summed E-state index contributed by atoms with van der Waals surface area (Å²) in [4.78, 5) is 0. The van der Waals surface area contributed by atoms with Crippen LogP contribution in [-0.2, 0) is 0 Å². The van der Waals surface area contributed by atoms with Crippen LogP contribution in [0.1, 0.15) is 58.8 Å². The summed E-state index contributed by atoms with van der Waals surface area (Å²) in [6.07, 6.45) is 10.3. The molecule has 86 valence electrons. The Morgan fingerprint density at radius 3 is 2.53 bits per heavy atom. The number of hydrogen-bond acceptors (Lipinski definition) is 1. The van der Waals surface area contributed by atoms with Crippen LogP contribution >= 0.6 is 0 Å². The van der Waals surface area contributed by atoms with Gasteiger partial charge in [-0.3, -0.25) is 0 Å². The van der Waals surface area contributed by atoms with Crippen molar-refractivity contribution in [2.24, 2.45) is 16.7 Å². The van der Waals surface area contributed by atoms with Gasteiger partial charge in [-0.2, -0.15) is 0 Å². The maximum Gasteiger partial charge on any atom is 0.00683 e. The summed E-state index contributed by atoms with van der Waals surface area (Å²) < 4.78 is 0. The normalized spacial score (nSPS) is 43.2. The van der Waals surface area contributed by atoms with Crippen LogP contribution in [0.2, 0.25) is 0 Å². The summed E-state index contributed by atoms with van der Waals surface area (Å²) in [6, 6.07) is 0.898. The number of rotatable bonds is 3. The van der Waals surface area contributed by atoms with Gasteiger partial charge in [0.15, 0.2) is 0 Å². The highest BCUT2D eigenvalue weighted by molar-refractivity contribution is 5.12. The SMILES string of the molecule is CC1(C)CCCCC12CC2CNC1CC1. The highest BCUT2D eigenvalue weighted by Gasteiger charge is 2.62. The number of nitrogens with one attached hydrogen (secondary N) is 1. The Morgan fingerprint density at radius 2 is 1.87 bits per heavy atom. The second-order valence-corrected chi connectivity index (χ2v) is 6.83. The molecule has 0 bridgehead atoms. The zero-order valence-electron chi connectivity index (χ0n) is 10.3. The lowest BCUT2D eigenvalue weighted by molar-refractivity contribution is 0.0979. The van der Waals surface area contributed by atoms with Crippen LogP contribution < -0.4 is 5.32 Å². The highest BCUT2D eigenvalue weighted by atomic mass is 15.0. The summed E-state index contributed by atoms with van der Waals surface area (Å²) in [6.45, 7) is 6.35. The highest BCUT2D eigenvalue weighted by Crippen LogP contribution is 2.69. The summed E-state index contributed by atoms with van der Waals surface area (Å²) in [5.41, 5.74) is 1.37. The van der Waals surface area contributed by atoms with E-state index in [1.165, 1.54) is 51.5 Å². The third kappa shape index (κ3) is 1.63. The van der Waals surface area contributed by atoms with E-state index >= 15 is 0 Å². The minimum absolute atomic E-state index is 0.626. The first kappa shape index (κ1) is 10.1. The fourth-order valence-corrected chi connectivity index (χ4v) is 3.97. The van der Waals surface area contributed by atoms with E-state index in [0.717, 1.165) is 17.4 Å². The van der Waals surface area contributed by atoms with E-state index < -0.39 is 0 Å². The van der Waals surface area contributed by atoms with Gasteiger partial charge in [0.05, 0.1) is 0 Å². The van der Waals surface area contributed by atoms with Gasteiger partial charge in [-0.15, -0.1) is 0 Å². The predicted octanol–water partition coefficient (Wildman–Crippen LogP) is 3.34. The molecule has 2 unspecified atom stereocenters. The lowest BCUT2D eigenvalue weighted by atomic mass is 9.65. The van der Waals surface area contributed by atoms with E-state index in [0.29, 0.717) is 5.41 Å². The molecule has 1 N–H and O–H groups in total. The molecule has 0 aromatic heterocycles. The van der Waals surface area contributed by atoms with Gasteiger partial charge in [0, 0.05) is 6.04 Å². The fourth-order valence-electron chi connectivity index (χ4n) is 3.97. The van der Waals surface area contributed by atoms with Crippen LogP contribution in [-0.4, -0.2) is 12.6 Å². The lowest BCUT2D eigenvalue weighted by Gasteiger charge is -2.40. The van der Waals surface area contributed by atoms with Crippen molar-refractivity contribution in [1.82, 2.24) is 5.32 Å². The van der Waals surface area contributed by atoms with Crippen LogP contribution in [0.5, 0.6) is 0 Å². The standard InChI is InChI=1S/C14H25N/c1-13(2)7-3-4-8-14(13)9-11(14)10-15-12-5-6-12/h11-12,15H,3-10H2,1-2H3. The predicted molar refractivity (Wildman–Crippen MR) is 63.8 cm³/mol. The molecule has 3 aliphatic carbocycles. The van der Waals surface area contributed by atoms with Crippen molar-refractivity contribution >= 4 is 0 Å². The van der Waals surface area contributed by atoms with Gasteiger partial charge in [0.1, 0.15) is 0 Å². The molecule has 1 spiro atoms. The second-order valence-electron chi connectivity index (χ2n) is 6.83. The summed E-state index contributed by atoms with van der Waals surface area (Å²) >= 11 is 0. The minimum atomic E-state index is 0.626. The van der Waals surface area contributed by atoms with Gasteiger partial charge in [-0.05, 0) is 55.4 Å². The Kier molecular flexibility index (Phi) is 2.18. The monoisotopic (exact) mass is 207 g/mol. The molecule has 0 amide bonds. The van der Waals surface area contributed by atoms with E-state index in [-0.39, 0.29) is 0 Å². The molecule has 0 aliphatic heterocycles. The van der Waals surface area contributed by atoms with Crippen molar-refractivity contribution < 1.29 is 0 Å². The lowest BCUT2D eigenvalue weighted by Crippen LogP contribution is -2.33. The van der Waals surface area contributed by atoms with Gasteiger partial charge < -0.3 is 5.32 Å². The van der Waals surface area contributed by atoms with Crippen molar-refractivity contribution in [3.05, 3.63) is 0 Å². The summed E-state index contributed by atoms with van der Waals surface area (Å²) in [5, 5.41) is 3.73. The molecule has 0 aromatic rings. The molecule has 0 radical (unpaired) electrons. The van der Waals surface area contributed by atoms with Gasteiger partial charge in [0.25, 0.3) is 0 Å². The minimum Gasteiger partial charge on any atom is -0.314 e. The van der Waals surface area contributed by atoms with Gasteiger partial charge in [-0.1, -0.05) is 26.7 Å². The molecule has 2 atom stereocenters. The third-order valence-electron chi connectivity index (χ3n) is 5.48. The molecule has 1 nitrogen and oxygen atoms in total. The average Bonchev–Trinajstić information content (AvgIpc) is 3.05. The first-order chi connectivity index (χ1) is 7.14. The van der Waals surface area contributed by atoms with Crippen molar-refractivity contribution in [3.63, 3.8) is 0 Å². The van der Waals surface area contributed by atoms with Crippen molar-refractivity contribution in [2.75, 3.05) is 6.54 Å². The van der Waals surface area contributed by atoms with E-state index in [1.54, 1.807) is 0 Å². The molecule has 3 rings (SSSR count). The Hall–Kier alpha value is -0.0400. The fraction of sp³-hybridized carbons (Fsp3) is 1.00. The van der Waals surface area contributed by atoms with Gasteiger partial charge in [-0.25, -0.2) is 0 Å². The quantitative estimate of drug-likeness (QED) is 0.748. The van der Waals surface area contributed by atoms with Crippen LogP contribution in [0, 0.1) is 16.7 Å². The van der Waals surface area contributed by atoms with Crippen molar-refractivity contribution in [1.29, 1.82) is 0 Å². The summed E-state index contributed by atoms with van der Waals surface area (Å²) in [5.74, 6) is 1.01. The maximum atomic E-state index is 3.73. The zero-order chi connectivity index (χ0) is 10.5. The Balaban J connectivity index is 1.59. The van der Waals surface area contributed by atoms with Gasteiger partial charge >= 0.3 is 0 Å². The Labute approximate surface area is 94.0 Å². The van der Waals surface area contributed by atoms with Crippen LogP contribution in [0.25, 0.3) is 0 Å². The molecule has 3 aliphatic rings. The maximum absolute atomic E-state index is 3.73. The second kappa shape index (κ2) is 3.23. The number of hydrogen-bond donors (Lipinski definition) is 1. The molecule has 15 heavy (non-hydrogen) atoms. The van der Waals surface area contributed by atoms with E-state index in [9.17, 15) is 0 Å². The van der Waals surface area contributed by atoms with Crippen LogP contribution in [0.4, 0.5) is 0 Å². The molecule has 3 fully saturated rings. The molecule has 3 saturated carbocycles. The average molecular weight is 207 g/mol. The molecule has 0 heterocycles. The van der Waals surface area contributed by atoms with Crippen molar-refractivity contribution in [2.45, 2.75) is 64.8 Å². The van der Waals surface area contributed by atoms with Crippen LogP contribution in [0.3, 0.4) is 0 Å². The zero-order valence-corrected chi connectivity index (χ0v) is 10.3. The van der Waals surface area contributed by atoms with E-state index in [1.807, 2.05) is 0 Å². The summed E-state index contributed by atoms with van der Waals surface area (Å²) in [7, 11) is 0. The third-order valence-corrected chi connectivity index (χ3v) is 5.48. The largest absolute Gasteiger partial charge is 0.314 e. The van der Waals surface area contributed by atoms with Crippen molar-refractivity contribution in [3.8, 4) is 0 Å². The van der Waals surface area contributed by atoms with Crippen LogP contribution in [0.15, 0.2) is 0 Å². The first-order valence-electron chi connectivity index (χ1n) is 6.87. The Morgan fingerprint density at radius 1 is 1.13 bits per heavy atom. The van der Waals surface area contributed by atoms with Gasteiger partial charge in [0.2, 0.25) is 0 Å². The molecule has 1 heteroatoms. The molecule has 0 saturated heterocycles. The molecular weight excluding hydrogens is 182 g/mol. The smallest absolute Gasteiger partial charge is 0.00683 e. The van der Waals surface area contributed by atoms with E-state index in [2.05, 4.69) is 19.2 Å². The molecule has 0 aromatic carbocycles. The molecular formula is C14H25N. The van der Waals surface area contributed by atoms with E-state index in [4.69, 9.17) is 0 Å². The topological polar surface area (TPSA) is 12.0 Å². The Bertz CT molecular complexity index is 254.